The molecule has 1 aliphatic rings. The molecule has 3 aromatic rings. The average Bonchev–Trinajstić information content (AvgIpc) is 3.19. The lowest BCUT2D eigenvalue weighted by molar-refractivity contribution is 0.0992. The molecule has 8 heteroatoms. The fourth-order valence-electron chi connectivity index (χ4n) is 4.15. The van der Waals surface area contributed by atoms with Crippen molar-refractivity contribution in [2.45, 2.75) is 24.3 Å². The molecule has 1 heterocycles. The minimum atomic E-state index is -3.84. The number of fused-ring (bicyclic) bond motifs is 1. The van der Waals surface area contributed by atoms with E-state index >= 15 is 0 Å². The summed E-state index contributed by atoms with van der Waals surface area (Å²) in [5, 5.41) is 0. The number of carbonyl (C=O) groups is 1. The van der Waals surface area contributed by atoms with Gasteiger partial charge >= 0.3 is 0 Å². The number of nitrogens with zero attached hydrogens (tertiary/aromatic N) is 2. The predicted molar refractivity (Wildman–Crippen MR) is 128 cm³/mol. The van der Waals surface area contributed by atoms with E-state index in [1.807, 2.05) is 31.2 Å². The normalized spacial score (nSPS) is 15.2. The number of rotatable bonds is 6. The molecule has 172 valence electrons. The molecule has 0 radical (unpaired) electrons. The summed E-state index contributed by atoms with van der Waals surface area (Å²) >= 11 is 0. The molecule has 3 aromatic carbocycles. The zero-order chi connectivity index (χ0) is 23.8. The Morgan fingerprint density at radius 3 is 2.42 bits per heavy atom. The van der Waals surface area contributed by atoms with Gasteiger partial charge in [0.2, 0.25) is 0 Å². The molecular weight excluding hydrogens is 440 g/mol. The van der Waals surface area contributed by atoms with Crippen molar-refractivity contribution in [3.05, 3.63) is 77.9 Å². The lowest BCUT2D eigenvalue weighted by Gasteiger charge is -2.25. The number of amides is 1. The Morgan fingerprint density at radius 1 is 0.970 bits per heavy atom. The summed E-state index contributed by atoms with van der Waals surface area (Å²) in [6, 6.07) is 18.6. The maximum absolute atomic E-state index is 13.5. The van der Waals surface area contributed by atoms with Gasteiger partial charge in [-0.15, -0.1) is 0 Å². The molecule has 0 saturated carbocycles. The fourth-order valence-corrected chi connectivity index (χ4v) is 5.89. The van der Waals surface area contributed by atoms with Crippen LogP contribution in [0.4, 0.5) is 11.4 Å². The number of carbonyl (C=O) groups excluding carboxylic acids is 1. The van der Waals surface area contributed by atoms with Crippen molar-refractivity contribution in [3.63, 3.8) is 0 Å². The molecule has 0 saturated heterocycles. The summed E-state index contributed by atoms with van der Waals surface area (Å²) < 4.78 is 39.1. The first-order valence-corrected chi connectivity index (χ1v) is 11.9. The molecule has 0 fully saturated rings. The highest BCUT2D eigenvalue weighted by atomic mass is 32.2. The summed E-state index contributed by atoms with van der Waals surface area (Å²) in [6.45, 7) is 1.89. The van der Waals surface area contributed by atoms with Gasteiger partial charge in [-0.2, -0.15) is 0 Å². The molecule has 4 rings (SSSR count). The van der Waals surface area contributed by atoms with E-state index in [2.05, 4.69) is 0 Å². The SMILES string of the molecule is COc1ccc(N(C)C(=O)c2cccc(S(=O)(=O)N3c4ccccc4CC3C)c2)cc1OC. The first-order chi connectivity index (χ1) is 15.8. The van der Waals surface area contributed by atoms with E-state index in [0.29, 0.717) is 29.3 Å². The van der Waals surface area contributed by atoms with Gasteiger partial charge in [0.05, 0.1) is 24.8 Å². The number of anilines is 2. The Labute approximate surface area is 194 Å². The minimum absolute atomic E-state index is 0.0811. The van der Waals surface area contributed by atoms with Crippen LogP contribution in [0.5, 0.6) is 11.5 Å². The topological polar surface area (TPSA) is 76.2 Å². The van der Waals surface area contributed by atoms with E-state index < -0.39 is 10.0 Å². The highest BCUT2D eigenvalue weighted by Crippen LogP contribution is 2.37. The number of sulfonamides is 1. The number of hydrogen-bond acceptors (Lipinski definition) is 5. The smallest absolute Gasteiger partial charge is 0.264 e. The Hall–Kier alpha value is -3.52. The number of benzene rings is 3. The standard InChI is InChI=1S/C25H26N2O5S/c1-17-14-18-8-5-6-11-22(18)27(17)33(29,30)21-10-7-9-19(15-21)25(28)26(2)20-12-13-23(31-3)24(16-20)32-4/h5-13,15-17H,14H2,1-4H3. The van der Waals surface area contributed by atoms with Crippen molar-refractivity contribution in [1.29, 1.82) is 0 Å². The van der Waals surface area contributed by atoms with Gasteiger partial charge in [0, 0.05) is 30.4 Å². The van der Waals surface area contributed by atoms with Gasteiger partial charge in [-0.25, -0.2) is 8.42 Å². The molecule has 1 atom stereocenters. The summed E-state index contributed by atoms with van der Waals surface area (Å²) in [7, 11) is 0.850. The van der Waals surface area contributed by atoms with Crippen LogP contribution >= 0.6 is 0 Å². The third-order valence-electron chi connectivity index (χ3n) is 5.84. The van der Waals surface area contributed by atoms with Crippen molar-refractivity contribution in [2.24, 2.45) is 0 Å². The third kappa shape index (κ3) is 4.02. The van der Waals surface area contributed by atoms with E-state index in [1.165, 1.54) is 35.6 Å². The highest BCUT2D eigenvalue weighted by molar-refractivity contribution is 7.92. The average molecular weight is 467 g/mol. The summed E-state index contributed by atoms with van der Waals surface area (Å²) in [5.41, 5.74) is 2.54. The Kier molecular flexibility index (Phi) is 6.03. The van der Waals surface area contributed by atoms with Crippen LogP contribution in [0.3, 0.4) is 0 Å². The molecular formula is C25H26N2O5S. The van der Waals surface area contributed by atoms with E-state index in [0.717, 1.165) is 5.56 Å². The first-order valence-electron chi connectivity index (χ1n) is 10.5. The van der Waals surface area contributed by atoms with Crippen LogP contribution in [0.2, 0.25) is 0 Å². The molecule has 1 unspecified atom stereocenters. The number of ether oxygens (including phenoxy) is 2. The molecule has 1 amide bonds. The van der Waals surface area contributed by atoms with Gasteiger partial charge in [-0.05, 0) is 55.3 Å². The van der Waals surface area contributed by atoms with Crippen LogP contribution in [0.15, 0.2) is 71.6 Å². The van der Waals surface area contributed by atoms with E-state index in [4.69, 9.17) is 9.47 Å². The van der Waals surface area contributed by atoms with E-state index in [-0.39, 0.29) is 22.4 Å². The summed E-state index contributed by atoms with van der Waals surface area (Å²) in [5.74, 6) is 0.706. The highest BCUT2D eigenvalue weighted by Gasteiger charge is 2.36. The lowest BCUT2D eigenvalue weighted by atomic mass is 10.1. The molecule has 0 aliphatic carbocycles. The molecule has 1 aliphatic heterocycles. The van der Waals surface area contributed by atoms with Crippen LogP contribution in [0.1, 0.15) is 22.8 Å². The van der Waals surface area contributed by atoms with Crippen LogP contribution in [-0.4, -0.2) is 41.6 Å². The Bertz CT molecular complexity index is 1310. The Balaban J connectivity index is 1.66. The third-order valence-corrected chi connectivity index (χ3v) is 7.77. The molecule has 0 N–H and O–H groups in total. The van der Waals surface area contributed by atoms with Gasteiger partial charge in [0.1, 0.15) is 0 Å². The van der Waals surface area contributed by atoms with E-state index in [1.54, 1.807) is 37.4 Å². The van der Waals surface area contributed by atoms with Gasteiger partial charge < -0.3 is 14.4 Å². The first kappa shape index (κ1) is 22.7. The fraction of sp³-hybridized carbons (Fsp3) is 0.240. The maximum atomic E-state index is 13.5. The van der Waals surface area contributed by atoms with E-state index in [9.17, 15) is 13.2 Å². The van der Waals surface area contributed by atoms with Gasteiger partial charge in [0.25, 0.3) is 15.9 Å². The van der Waals surface area contributed by atoms with Crippen LogP contribution in [0.25, 0.3) is 0 Å². The summed E-state index contributed by atoms with van der Waals surface area (Å²) in [6.07, 6.45) is 0.649. The largest absolute Gasteiger partial charge is 0.493 e. The number of methoxy groups -OCH3 is 2. The quantitative estimate of drug-likeness (QED) is 0.546. The second-order valence-corrected chi connectivity index (χ2v) is 9.73. The maximum Gasteiger partial charge on any atom is 0.264 e. The Morgan fingerprint density at radius 2 is 1.70 bits per heavy atom. The molecule has 0 bridgehead atoms. The number of hydrogen-bond donors (Lipinski definition) is 0. The zero-order valence-electron chi connectivity index (χ0n) is 19.0. The zero-order valence-corrected chi connectivity index (χ0v) is 19.8. The van der Waals surface area contributed by atoms with Crippen molar-refractivity contribution in [2.75, 3.05) is 30.5 Å². The molecule has 0 aromatic heterocycles. The van der Waals surface area contributed by atoms with Crippen LogP contribution in [-0.2, 0) is 16.4 Å². The van der Waals surface area contributed by atoms with Crippen molar-refractivity contribution in [1.82, 2.24) is 0 Å². The number of para-hydroxylation sites is 1. The predicted octanol–water partition coefficient (Wildman–Crippen LogP) is 4.12. The molecule has 33 heavy (non-hydrogen) atoms. The molecule has 7 nitrogen and oxygen atoms in total. The molecule has 0 spiro atoms. The monoisotopic (exact) mass is 466 g/mol. The lowest BCUT2D eigenvalue weighted by Crippen LogP contribution is -2.36. The second kappa shape index (κ2) is 8.78. The van der Waals surface area contributed by atoms with Gasteiger partial charge in [-0.1, -0.05) is 24.3 Å². The van der Waals surface area contributed by atoms with Gasteiger partial charge in [-0.3, -0.25) is 9.10 Å². The minimum Gasteiger partial charge on any atom is -0.493 e. The summed E-state index contributed by atoms with van der Waals surface area (Å²) in [4.78, 5) is 14.7. The van der Waals surface area contributed by atoms with Crippen LogP contribution < -0.4 is 18.7 Å². The van der Waals surface area contributed by atoms with Crippen molar-refractivity contribution in [3.8, 4) is 11.5 Å². The second-order valence-electron chi connectivity index (χ2n) is 7.91. The van der Waals surface area contributed by atoms with Gasteiger partial charge in [0.15, 0.2) is 11.5 Å². The van der Waals surface area contributed by atoms with Crippen molar-refractivity contribution >= 4 is 27.3 Å². The van der Waals surface area contributed by atoms with Crippen molar-refractivity contribution < 1.29 is 22.7 Å². The van der Waals surface area contributed by atoms with Crippen LogP contribution in [0, 0.1) is 0 Å².